The highest BCUT2D eigenvalue weighted by atomic mass is 35.5. The molecule has 2 aliphatic rings. The quantitative estimate of drug-likeness (QED) is 0.621. The monoisotopic (exact) mass is 421 g/mol. The number of halogens is 1. The molecule has 4 heterocycles. The van der Waals surface area contributed by atoms with Crippen molar-refractivity contribution in [2.45, 2.75) is 37.6 Å². The molecule has 0 aromatic carbocycles. The molecule has 8 nitrogen and oxygen atoms in total. The average Bonchev–Trinajstić information content (AvgIpc) is 3.18. The third-order valence-electron chi connectivity index (χ3n) is 5.82. The Morgan fingerprint density at radius 3 is 2.77 bits per heavy atom. The zero-order valence-corrected chi connectivity index (χ0v) is 17.1. The first kappa shape index (κ1) is 18.7. The number of aliphatic imine (C=N–C) groups is 1. The van der Waals surface area contributed by atoms with Crippen molar-refractivity contribution < 1.29 is 4.52 Å². The normalized spacial score (nSPS) is 20.0. The Hall–Kier alpha value is -3.26. The van der Waals surface area contributed by atoms with Crippen molar-refractivity contribution in [2.24, 2.45) is 10.7 Å². The minimum atomic E-state index is -0.296. The lowest BCUT2D eigenvalue weighted by Gasteiger charge is -2.39. The molecule has 1 saturated carbocycles. The Kier molecular flexibility index (Phi) is 4.51. The van der Waals surface area contributed by atoms with Gasteiger partial charge in [0.15, 0.2) is 11.8 Å². The molecule has 1 aliphatic carbocycles. The number of hydrogen-bond donors (Lipinski definition) is 2. The van der Waals surface area contributed by atoms with Crippen LogP contribution in [0.1, 0.15) is 43.3 Å². The second-order valence-corrected chi connectivity index (χ2v) is 7.93. The van der Waals surface area contributed by atoms with Crippen LogP contribution in [0.5, 0.6) is 0 Å². The van der Waals surface area contributed by atoms with Gasteiger partial charge in [-0.05, 0) is 43.5 Å². The molecule has 0 saturated heterocycles. The summed E-state index contributed by atoms with van der Waals surface area (Å²) in [5.41, 5.74) is 8.99. The average molecular weight is 422 g/mol. The van der Waals surface area contributed by atoms with Gasteiger partial charge >= 0.3 is 0 Å². The number of hydrogen-bond acceptors (Lipinski definition) is 8. The number of guanidine groups is 1. The number of nitrogens with zero attached hydrogens (tertiary/aromatic N) is 5. The Balaban J connectivity index is 1.45. The maximum atomic E-state index is 6.18. The molecule has 3 aromatic rings. The molecule has 152 valence electrons. The van der Waals surface area contributed by atoms with Crippen LogP contribution in [0.3, 0.4) is 0 Å². The maximum absolute atomic E-state index is 6.18. The fourth-order valence-corrected chi connectivity index (χ4v) is 4.17. The van der Waals surface area contributed by atoms with E-state index in [1.165, 1.54) is 0 Å². The number of nitrogens with two attached hydrogens (primary N) is 1. The molecular formula is C21H20ClN7O. The third-order valence-corrected chi connectivity index (χ3v) is 6.12. The molecule has 5 rings (SSSR count). The van der Waals surface area contributed by atoms with Crippen molar-refractivity contribution >= 4 is 23.1 Å². The standard InChI is InChI=1S/C21H20ClN7O/c1-12-15(11-26-20(23)27-12)16-6-5-13(10-25-16)21(7-3-8-21)19-28-18(30-29-19)14-4-2-9-24-17(14)22/h2,4-6,9-12H,3,7-8H2,1H3,(H3,23,26,27). The maximum Gasteiger partial charge on any atom is 0.261 e. The van der Waals surface area contributed by atoms with Gasteiger partial charge in [0.05, 0.1) is 22.7 Å². The zero-order valence-electron chi connectivity index (χ0n) is 16.3. The van der Waals surface area contributed by atoms with Crippen LogP contribution in [0.15, 0.2) is 52.4 Å². The Labute approximate surface area is 178 Å². The fraction of sp³-hybridized carbons (Fsp3) is 0.286. The minimum Gasteiger partial charge on any atom is -0.370 e. The second kappa shape index (κ2) is 7.21. The number of nitrogens with one attached hydrogen (secondary N) is 1. The summed E-state index contributed by atoms with van der Waals surface area (Å²) in [5.74, 6) is 1.45. The molecule has 30 heavy (non-hydrogen) atoms. The van der Waals surface area contributed by atoms with Gasteiger partial charge < -0.3 is 15.6 Å². The van der Waals surface area contributed by atoms with Crippen LogP contribution < -0.4 is 11.1 Å². The Morgan fingerprint density at radius 2 is 2.10 bits per heavy atom. The van der Waals surface area contributed by atoms with E-state index in [0.29, 0.717) is 28.4 Å². The molecule has 3 aromatic heterocycles. The lowest BCUT2D eigenvalue weighted by atomic mass is 9.64. The van der Waals surface area contributed by atoms with Crippen LogP contribution in [0, 0.1) is 0 Å². The summed E-state index contributed by atoms with van der Waals surface area (Å²) in [7, 11) is 0. The van der Waals surface area contributed by atoms with Crippen molar-refractivity contribution in [3.63, 3.8) is 0 Å². The minimum absolute atomic E-state index is 0.0498. The van der Waals surface area contributed by atoms with Crippen molar-refractivity contribution in [1.29, 1.82) is 0 Å². The van der Waals surface area contributed by atoms with Crippen LogP contribution in [0.4, 0.5) is 0 Å². The lowest BCUT2D eigenvalue weighted by Crippen LogP contribution is -2.37. The van der Waals surface area contributed by atoms with Gasteiger partial charge in [-0.15, -0.1) is 0 Å². The molecule has 1 aliphatic heterocycles. The van der Waals surface area contributed by atoms with E-state index in [4.69, 9.17) is 26.8 Å². The van der Waals surface area contributed by atoms with Crippen LogP contribution >= 0.6 is 11.6 Å². The van der Waals surface area contributed by atoms with E-state index in [1.807, 2.05) is 31.5 Å². The largest absolute Gasteiger partial charge is 0.370 e. The molecule has 3 N–H and O–H groups in total. The van der Waals surface area contributed by atoms with E-state index in [1.54, 1.807) is 12.3 Å². The van der Waals surface area contributed by atoms with E-state index < -0.39 is 0 Å². The highest BCUT2D eigenvalue weighted by Gasteiger charge is 2.45. The second-order valence-electron chi connectivity index (χ2n) is 7.57. The zero-order chi connectivity index (χ0) is 20.7. The van der Waals surface area contributed by atoms with Crippen LogP contribution in [-0.4, -0.2) is 32.1 Å². The van der Waals surface area contributed by atoms with Gasteiger partial charge in [0.1, 0.15) is 5.15 Å². The summed E-state index contributed by atoms with van der Waals surface area (Å²) in [6.07, 6.45) is 8.36. The smallest absolute Gasteiger partial charge is 0.261 e. The summed E-state index contributed by atoms with van der Waals surface area (Å²) in [4.78, 5) is 17.8. The van der Waals surface area contributed by atoms with E-state index in [2.05, 4.69) is 31.5 Å². The van der Waals surface area contributed by atoms with Crippen molar-refractivity contribution in [2.75, 3.05) is 0 Å². The summed E-state index contributed by atoms with van der Waals surface area (Å²) >= 11 is 6.18. The van der Waals surface area contributed by atoms with Gasteiger partial charge in [-0.1, -0.05) is 29.2 Å². The highest BCUT2D eigenvalue weighted by molar-refractivity contribution is 6.31. The number of rotatable bonds is 4. The van der Waals surface area contributed by atoms with E-state index in [9.17, 15) is 0 Å². The van der Waals surface area contributed by atoms with Crippen molar-refractivity contribution in [1.82, 2.24) is 25.4 Å². The molecule has 1 atom stereocenters. The predicted molar refractivity (Wildman–Crippen MR) is 114 cm³/mol. The van der Waals surface area contributed by atoms with Crippen molar-refractivity contribution in [3.8, 4) is 11.5 Å². The Bertz CT molecular complexity index is 1150. The number of aromatic nitrogens is 4. The lowest BCUT2D eigenvalue weighted by molar-refractivity contribution is 0.272. The molecule has 9 heteroatoms. The van der Waals surface area contributed by atoms with Gasteiger partial charge in [-0.3, -0.25) is 4.98 Å². The molecule has 0 radical (unpaired) electrons. The summed E-state index contributed by atoms with van der Waals surface area (Å²) in [6.45, 7) is 1.99. The molecular weight excluding hydrogens is 402 g/mol. The van der Waals surface area contributed by atoms with Gasteiger partial charge in [0.25, 0.3) is 5.89 Å². The molecule has 1 unspecified atom stereocenters. The number of pyridine rings is 2. The first-order valence-corrected chi connectivity index (χ1v) is 10.2. The van der Waals surface area contributed by atoms with Gasteiger partial charge in [-0.25, -0.2) is 9.98 Å². The molecule has 0 bridgehead atoms. The molecule has 1 fully saturated rings. The van der Waals surface area contributed by atoms with Gasteiger partial charge in [0, 0.05) is 24.2 Å². The molecule has 0 spiro atoms. The predicted octanol–water partition coefficient (Wildman–Crippen LogP) is 3.30. The van der Waals surface area contributed by atoms with E-state index in [0.717, 1.165) is 36.1 Å². The highest BCUT2D eigenvalue weighted by Crippen LogP contribution is 2.48. The summed E-state index contributed by atoms with van der Waals surface area (Å²) in [6, 6.07) is 7.66. The first-order chi connectivity index (χ1) is 14.6. The van der Waals surface area contributed by atoms with Crippen molar-refractivity contribution in [3.05, 3.63) is 65.1 Å². The van der Waals surface area contributed by atoms with Crippen LogP contribution in [0.2, 0.25) is 5.15 Å². The van der Waals surface area contributed by atoms with Gasteiger partial charge in [-0.2, -0.15) is 4.98 Å². The fourth-order valence-electron chi connectivity index (χ4n) is 3.97. The topological polar surface area (TPSA) is 115 Å². The summed E-state index contributed by atoms with van der Waals surface area (Å²) in [5, 5.41) is 7.58. The molecule has 0 amide bonds. The SMILES string of the molecule is CC1N=C(N)NC=C1c1ccc(C2(c3noc(-c4cccnc4Cl)n3)CCC2)cn1. The van der Waals surface area contributed by atoms with Crippen LogP contribution in [0.25, 0.3) is 17.0 Å². The Morgan fingerprint density at radius 1 is 1.23 bits per heavy atom. The van der Waals surface area contributed by atoms with E-state index >= 15 is 0 Å². The van der Waals surface area contributed by atoms with Crippen LogP contribution in [-0.2, 0) is 5.41 Å². The summed E-state index contributed by atoms with van der Waals surface area (Å²) < 4.78 is 5.53. The first-order valence-electron chi connectivity index (χ1n) is 9.79. The third kappa shape index (κ3) is 3.04. The van der Waals surface area contributed by atoms with Gasteiger partial charge in [0.2, 0.25) is 0 Å². The van der Waals surface area contributed by atoms with E-state index in [-0.39, 0.29) is 11.5 Å².